The average Bonchev–Trinajstić information content (AvgIpc) is 2.87. The quantitative estimate of drug-likeness (QED) is 0.692. The fraction of sp³-hybridized carbons (Fsp3) is 0.857. The third-order valence-electron chi connectivity index (χ3n) is 4.76. The molecule has 5 heteroatoms. The number of hydrogen-bond acceptors (Lipinski definition) is 3. The summed E-state index contributed by atoms with van der Waals surface area (Å²) in [5.74, 6) is -0.0793. The zero-order valence-electron chi connectivity index (χ0n) is 11.4. The highest BCUT2D eigenvalue weighted by molar-refractivity contribution is 5.82. The van der Waals surface area contributed by atoms with Crippen molar-refractivity contribution in [1.82, 2.24) is 5.32 Å². The molecule has 5 nitrogen and oxygen atoms in total. The van der Waals surface area contributed by atoms with E-state index in [1.54, 1.807) is 0 Å². The van der Waals surface area contributed by atoms with Crippen LogP contribution in [0, 0.1) is 17.8 Å². The van der Waals surface area contributed by atoms with Crippen molar-refractivity contribution in [2.45, 2.75) is 51.0 Å². The molecule has 108 valence electrons. The van der Waals surface area contributed by atoms with E-state index in [0.717, 1.165) is 44.9 Å². The van der Waals surface area contributed by atoms with Crippen LogP contribution in [-0.2, 0) is 9.59 Å². The predicted octanol–water partition coefficient (Wildman–Crippen LogP) is 0.522. The molecule has 0 saturated heterocycles. The molecule has 5 N–H and O–H groups in total. The Hall–Kier alpha value is -1.10. The first kappa shape index (κ1) is 14.3. The normalized spacial score (nSPS) is 35.0. The van der Waals surface area contributed by atoms with E-state index >= 15 is 0 Å². The van der Waals surface area contributed by atoms with Crippen LogP contribution >= 0.6 is 0 Å². The third-order valence-corrected chi connectivity index (χ3v) is 4.76. The van der Waals surface area contributed by atoms with Gasteiger partial charge in [0.25, 0.3) is 0 Å². The van der Waals surface area contributed by atoms with Gasteiger partial charge in [0.05, 0.1) is 5.92 Å². The Morgan fingerprint density at radius 2 is 1.68 bits per heavy atom. The van der Waals surface area contributed by atoms with Crippen LogP contribution in [0.4, 0.5) is 0 Å². The van der Waals surface area contributed by atoms with Gasteiger partial charge in [-0.15, -0.1) is 0 Å². The predicted molar refractivity (Wildman–Crippen MR) is 73.0 cm³/mol. The first-order valence-electron chi connectivity index (χ1n) is 7.43. The lowest BCUT2D eigenvalue weighted by molar-refractivity contribution is -0.129. The SMILES string of the molecule is NC[C@H]1CCC[C@H]1C(=O)NC1CCCCC1C(N)=O. The maximum Gasteiger partial charge on any atom is 0.223 e. The minimum atomic E-state index is -0.285. The van der Waals surface area contributed by atoms with Crippen LogP contribution in [0.2, 0.25) is 0 Å². The molecule has 0 aliphatic heterocycles. The Labute approximate surface area is 114 Å². The van der Waals surface area contributed by atoms with Crippen molar-refractivity contribution in [3.05, 3.63) is 0 Å². The van der Waals surface area contributed by atoms with Gasteiger partial charge >= 0.3 is 0 Å². The van der Waals surface area contributed by atoms with Gasteiger partial charge in [0.15, 0.2) is 0 Å². The van der Waals surface area contributed by atoms with E-state index in [1.807, 2.05) is 0 Å². The van der Waals surface area contributed by atoms with Crippen LogP contribution in [0.15, 0.2) is 0 Å². The van der Waals surface area contributed by atoms with Crippen molar-refractivity contribution in [3.63, 3.8) is 0 Å². The van der Waals surface area contributed by atoms with Gasteiger partial charge in [-0.05, 0) is 38.1 Å². The Morgan fingerprint density at radius 1 is 1.00 bits per heavy atom. The Kier molecular flexibility index (Phi) is 4.80. The molecular weight excluding hydrogens is 242 g/mol. The first-order chi connectivity index (χ1) is 9.13. The minimum Gasteiger partial charge on any atom is -0.369 e. The van der Waals surface area contributed by atoms with Crippen LogP contribution in [0.3, 0.4) is 0 Å². The molecule has 0 heterocycles. The van der Waals surface area contributed by atoms with Crippen molar-refractivity contribution < 1.29 is 9.59 Å². The maximum atomic E-state index is 12.3. The van der Waals surface area contributed by atoms with E-state index in [4.69, 9.17) is 11.5 Å². The highest BCUT2D eigenvalue weighted by atomic mass is 16.2. The van der Waals surface area contributed by atoms with E-state index in [1.165, 1.54) is 0 Å². The fourth-order valence-corrected chi connectivity index (χ4v) is 3.60. The minimum absolute atomic E-state index is 0.0282. The van der Waals surface area contributed by atoms with E-state index in [-0.39, 0.29) is 29.7 Å². The lowest BCUT2D eigenvalue weighted by atomic mass is 9.83. The number of amides is 2. The van der Waals surface area contributed by atoms with Gasteiger partial charge < -0.3 is 16.8 Å². The van der Waals surface area contributed by atoms with Gasteiger partial charge in [-0.3, -0.25) is 9.59 Å². The van der Waals surface area contributed by atoms with E-state index in [0.29, 0.717) is 12.5 Å². The number of primary amides is 1. The molecule has 2 unspecified atom stereocenters. The molecule has 0 spiro atoms. The summed E-state index contributed by atoms with van der Waals surface area (Å²) in [6, 6.07) is -0.0715. The molecule has 0 aromatic heterocycles. The van der Waals surface area contributed by atoms with Gasteiger partial charge in [-0.1, -0.05) is 19.3 Å². The highest BCUT2D eigenvalue weighted by Crippen LogP contribution is 2.32. The second kappa shape index (κ2) is 6.37. The average molecular weight is 267 g/mol. The fourth-order valence-electron chi connectivity index (χ4n) is 3.60. The number of rotatable bonds is 4. The van der Waals surface area contributed by atoms with Gasteiger partial charge in [0, 0.05) is 12.0 Å². The number of nitrogens with two attached hydrogens (primary N) is 2. The monoisotopic (exact) mass is 267 g/mol. The van der Waals surface area contributed by atoms with Crippen molar-refractivity contribution in [3.8, 4) is 0 Å². The topological polar surface area (TPSA) is 98.2 Å². The summed E-state index contributed by atoms with van der Waals surface area (Å²) >= 11 is 0. The first-order valence-corrected chi connectivity index (χ1v) is 7.43. The summed E-state index contributed by atoms with van der Waals surface area (Å²) in [6.07, 6.45) is 6.77. The lowest BCUT2D eigenvalue weighted by Crippen LogP contribution is -2.49. The zero-order valence-corrected chi connectivity index (χ0v) is 11.4. The molecule has 2 aliphatic carbocycles. The Balaban J connectivity index is 1.95. The molecule has 4 atom stereocenters. The maximum absolute atomic E-state index is 12.3. The Morgan fingerprint density at radius 3 is 2.37 bits per heavy atom. The Bertz CT molecular complexity index is 346. The lowest BCUT2D eigenvalue weighted by Gasteiger charge is -2.31. The smallest absolute Gasteiger partial charge is 0.223 e. The summed E-state index contributed by atoms with van der Waals surface area (Å²) in [5, 5.41) is 3.06. The number of hydrogen-bond donors (Lipinski definition) is 3. The standard InChI is InChI=1S/C14H25N3O2/c15-8-9-4-3-6-10(9)14(19)17-12-7-2-1-5-11(12)13(16)18/h9-12H,1-8,15H2,(H2,16,18)(H,17,19)/t9-,10-,11?,12?/m1/s1. The molecule has 2 rings (SSSR count). The molecule has 0 aromatic rings. The van der Waals surface area contributed by atoms with Crippen molar-refractivity contribution in [2.75, 3.05) is 6.54 Å². The highest BCUT2D eigenvalue weighted by Gasteiger charge is 2.36. The molecule has 19 heavy (non-hydrogen) atoms. The second-order valence-corrected chi connectivity index (χ2v) is 5.94. The molecule has 0 bridgehead atoms. The molecule has 0 aromatic carbocycles. The second-order valence-electron chi connectivity index (χ2n) is 5.94. The van der Waals surface area contributed by atoms with Gasteiger partial charge in [0.1, 0.15) is 0 Å². The van der Waals surface area contributed by atoms with Gasteiger partial charge in [0.2, 0.25) is 11.8 Å². The number of carbonyl (C=O) groups is 2. The van der Waals surface area contributed by atoms with E-state index in [9.17, 15) is 9.59 Å². The van der Waals surface area contributed by atoms with Crippen LogP contribution in [0.5, 0.6) is 0 Å². The van der Waals surface area contributed by atoms with E-state index < -0.39 is 0 Å². The van der Waals surface area contributed by atoms with Gasteiger partial charge in [-0.25, -0.2) is 0 Å². The summed E-state index contributed by atoms with van der Waals surface area (Å²) in [4.78, 5) is 23.8. The van der Waals surface area contributed by atoms with Crippen LogP contribution in [-0.4, -0.2) is 24.4 Å². The summed E-state index contributed by atoms with van der Waals surface area (Å²) in [6.45, 7) is 0.571. The molecule has 0 radical (unpaired) electrons. The van der Waals surface area contributed by atoms with E-state index in [2.05, 4.69) is 5.32 Å². The summed E-state index contributed by atoms with van der Waals surface area (Å²) in [5.41, 5.74) is 11.1. The summed E-state index contributed by atoms with van der Waals surface area (Å²) in [7, 11) is 0. The molecule has 2 amide bonds. The van der Waals surface area contributed by atoms with Crippen molar-refractivity contribution in [1.29, 1.82) is 0 Å². The number of nitrogens with one attached hydrogen (secondary N) is 1. The molecular formula is C14H25N3O2. The van der Waals surface area contributed by atoms with Crippen LogP contribution < -0.4 is 16.8 Å². The molecule has 2 saturated carbocycles. The van der Waals surface area contributed by atoms with Crippen molar-refractivity contribution in [2.24, 2.45) is 29.2 Å². The zero-order chi connectivity index (χ0) is 13.8. The van der Waals surface area contributed by atoms with Crippen LogP contribution in [0.25, 0.3) is 0 Å². The largest absolute Gasteiger partial charge is 0.369 e. The van der Waals surface area contributed by atoms with Crippen LogP contribution in [0.1, 0.15) is 44.9 Å². The van der Waals surface area contributed by atoms with Crippen molar-refractivity contribution >= 4 is 11.8 Å². The summed E-state index contributed by atoms with van der Waals surface area (Å²) < 4.78 is 0. The molecule has 2 fully saturated rings. The molecule has 2 aliphatic rings. The third kappa shape index (κ3) is 3.26. The number of carbonyl (C=O) groups excluding carboxylic acids is 2. The van der Waals surface area contributed by atoms with Gasteiger partial charge in [-0.2, -0.15) is 0 Å².